The van der Waals surface area contributed by atoms with Gasteiger partial charge >= 0.3 is 11.9 Å². The first-order valence-corrected chi connectivity index (χ1v) is 22.6. The van der Waals surface area contributed by atoms with Crippen molar-refractivity contribution < 1.29 is 43.0 Å². The van der Waals surface area contributed by atoms with Gasteiger partial charge in [0.05, 0.1) is 70.2 Å². The fraction of sp³-hybridized carbons (Fsp3) is 0.529. The number of nitrogens with zero attached hydrogens (tertiary/aromatic N) is 3. The van der Waals surface area contributed by atoms with Crippen LogP contribution in [0, 0.1) is 23.7 Å². The average molecular weight is 864 g/mol. The van der Waals surface area contributed by atoms with E-state index in [1.54, 1.807) is 16.9 Å². The Bertz CT molecular complexity index is 1960. The highest BCUT2D eigenvalue weighted by atomic mass is 16.5. The number of carbonyl (C=O) groups excluding carboxylic acids is 6. The number of hydrogen-bond acceptors (Lipinski definition) is 10. The normalized spacial score (nSPS) is 20.8. The molecular formula is C51H65N3O9. The van der Waals surface area contributed by atoms with Crippen LogP contribution < -0.4 is 9.64 Å². The van der Waals surface area contributed by atoms with Gasteiger partial charge in [0.2, 0.25) is 11.8 Å². The molecule has 0 spiro atoms. The van der Waals surface area contributed by atoms with Gasteiger partial charge in [0, 0.05) is 31.6 Å². The molecule has 0 N–H and O–H groups in total. The summed E-state index contributed by atoms with van der Waals surface area (Å²) in [6, 6.07) is 23.7. The third kappa shape index (κ3) is 11.0. The predicted octanol–water partition coefficient (Wildman–Crippen LogP) is 7.65. The number of anilines is 1. The quantitative estimate of drug-likeness (QED) is 0.117. The molecule has 6 atom stereocenters. The first-order chi connectivity index (χ1) is 30.2. The van der Waals surface area contributed by atoms with E-state index in [2.05, 4.69) is 41.3 Å². The second kappa shape index (κ2) is 21.2. The number of benzene rings is 3. The molecular weight excluding hydrogens is 799 g/mol. The van der Waals surface area contributed by atoms with Gasteiger partial charge in [-0.2, -0.15) is 0 Å². The fourth-order valence-electron chi connectivity index (χ4n) is 9.83. The van der Waals surface area contributed by atoms with Crippen LogP contribution in [0.1, 0.15) is 113 Å². The summed E-state index contributed by atoms with van der Waals surface area (Å²) in [6.45, 7) is 8.68. The monoisotopic (exact) mass is 863 g/mol. The van der Waals surface area contributed by atoms with E-state index in [0.29, 0.717) is 25.9 Å². The van der Waals surface area contributed by atoms with Gasteiger partial charge in [-0.05, 0) is 96.9 Å². The van der Waals surface area contributed by atoms with Crippen LogP contribution in [0.15, 0.2) is 72.8 Å². The van der Waals surface area contributed by atoms with Crippen molar-refractivity contribution >= 4 is 41.0 Å². The van der Waals surface area contributed by atoms with Gasteiger partial charge in [-0.1, -0.05) is 76.2 Å². The van der Waals surface area contributed by atoms with Gasteiger partial charge < -0.3 is 28.9 Å². The number of carbonyl (C=O) groups is 6. The molecule has 12 heteroatoms. The maximum absolute atomic E-state index is 13.8. The lowest BCUT2D eigenvalue weighted by Gasteiger charge is -2.33. The van der Waals surface area contributed by atoms with Crippen molar-refractivity contribution in [1.29, 1.82) is 0 Å². The SMILES string of the molecule is COC(=O)C[C@H](C(=O)N1CCC[C@H]1C(=O)Cc1ccc([C@@H]2CC[C@@H](c3ccc(CC(=O)[C@@H]4CCCN4C(=O)[C@@H](CC(=O)OC)C(C)C)cc3)N2c2ccc(OC)cc2)cc1)C(C)C. The highest BCUT2D eigenvalue weighted by Gasteiger charge is 2.41. The molecule has 0 aliphatic carbocycles. The van der Waals surface area contributed by atoms with Crippen molar-refractivity contribution in [3.8, 4) is 5.75 Å². The molecule has 6 rings (SSSR count). The molecule has 338 valence electrons. The van der Waals surface area contributed by atoms with Crippen molar-refractivity contribution in [3.63, 3.8) is 0 Å². The van der Waals surface area contributed by atoms with Gasteiger partial charge in [-0.15, -0.1) is 0 Å². The van der Waals surface area contributed by atoms with Crippen molar-refractivity contribution in [1.82, 2.24) is 9.80 Å². The largest absolute Gasteiger partial charge is 0.497 e. The average Bonchev–Trinajstić information content (AvgIpc) is 4.08. The van der Waals surface area contributed by atoms with Crippen LogP contribution in [0.25, 0.3) is 0 Å². The Balaban J connectivity index is 1.14. The Hall–Kier alpha value is -5.52. The van der Waals surface area contributed by atoms with Crippen molar-refractivity contribution in [2.24, 2.45) is 23.7 Å². The number of esters is 2. The van der Waals surface area contributed by atoms with Crippen LogP contribution in [-0.2, 0) is 51.1 Å². The summed E-state index contributed by atoms with van der Waals surface area (Å²) in [7, 11) is 4.30. The van der Waals surface area contributed by atoms with Crippen LogP contribution in [0.5, 0.6) is 5.75 Å². The first-order valence-electron chi connectivity index (χ1n) is 22.6. The highest BCUT2D eigenvalue weighted by Crippen LogP contribution is 2.47. The highest BCUT2D eigenvalue weighted by molar-refractivity contribution is 5.93. The summed E-state index contributed by atoms with van der Waals surface area (Å²) in [5.41, 5.74) is 5.10. The molecule has 3 fully saturated rings. The minimum atomic E-state index is -0.535. The first kappa shape index (κ1) is 47.0. The van der Waals surface area contributed by atoms with Gasteiger partial charge in [0.25, 0.3) is 0 Å². The molecule has 0 aromatic heterocycles. The van der Waals surface area contributed by atoms with Crippen molar-refractivity contribution in [2.75, 3.05) is 39.3 Å². The number of ether oxygens (including phenoxy) is 3. The molecule has 0 unspecified atom stereocenters. The summed E-state index contributed by atoms with van der Waals surface area (Å²) < 4.78 is 15.2. The molecule has 0 bridgehead atoms. The van der Waals surface area contributed by atoms with Crippen LogP contribution in [0.2, 0.25) is 0 Å². The van der Waals surface area contributed by atoms with E-state index in [9.17, 15) is 28.8 Å². The third-order valence-corrected chi connectivity index (χ3v) is 13.5. The van der Waals surface area contributed by atoms with Gasteiger partial charge in [-0.25, -0.2) is 0 Å². The Morgan fingerprint density at radius 1 is 0.556 bits per heavy atom. The van der Waals surface area contributed by atoms with E-state index in [4.69, 9.17) is 14.2 Å². The lowest BCUT2D eigenvalue weighted by Crippen LogP contribution is -2.45. The summed E-state index contributed by atoms with van der Waals surface area (Å²) in [4.78, 5) is 84.8. The molecule has 0 radical (unpaired) electrons. The molecule has 3 aliphatic rings. The molecule has 0 saturated carbocycles. The molecule has 3 aromatic carbocycles. The van der Waals surface area contributed by atoms with E-state index in [1.165, 1.54) is 14.2 Å². The van der Waals surface area contributed by atoms with E-state index >= 15 is 0 Å². The molecule has 3 heterocycles. The molecule has 12 nitrogen and oxygen atoms in total. The molecule has 3 saturated heterocycles. The Morgan fingerprint density at radius 2 is 0.952 bits per heavy atom. The maximum Gasteiger partial charge on any atom is 0.306 e. The van der Waals surface area contributed by atoms with Crippen LogP contribution in [-0.4, -0.2) is 91.6 Å². The summed E-state index contributed by atoms with van der Waals surface area (Å²) >= 11 is 0. The van der Waals surface area contributed by atoms with Gasteiger partial charge in [0.15, 0.2) is 11.6 Å². The zero-order chi connectivity index (χ0) is 45.4. The second-order valence-corrected chi connectivity index (χ2v) is 18.1. The van der Waals surface area contributed by atoms with E-state index in [1.807, 2.05) is 64.1 Å². The van der Waals surface area contributed by atoms with Gasteiger partial charge in [-0.3, -0.25) is 28.8 Å². The van der Waals surface area contributed by atoms with Crippen molar-refractivity contribution in [2.45, 2.75) is 116 Å². The predicted molar refractivity (Wildman–Crippen MR) is 240 cm³/mol. The van der Waals surface area contributed by atoms with E-state index < -0.39 is 35.9 Å². The molecule has 3 aliphatic heterocycles. The number of hydrogen-bond donors (Lipinski definition) is 0. The lowest BCUT2D eigenvalue weighted by molar-refractivity contribution is -0.149. The Kier molecular flexibility index (Phi) is 15.8. The fourth-order valence-corrected chi connectivity index (χ4v) is 9.83. The summed E-state index contributed by atoms with van der Waals surface area (Å²) in [5, 5.41) is 0. The van der Waals surface area contributed by atoms with E-state index in [-0.39, 0.29) is 73.0 Å². The minimum absolute atomic E-state index is 0.00103. The number of amides is 2. The number of likely N-dealkylation sites (tertiary alicyclic amines) is 2. The third-order valence-electron chi connectivity index (χ3n) is 13.5. The minimum Gasteiger partial charge on any atom is -0.497 e. The van der Waals surface area contributed by atoms with Crippen LogP contribution >= 0.6 is 0 Å². The topological polar surface area (TPSA) is 140 Å². The smallest absolute Gasteiger partial charge is 0.306 e. The zero-order valence-electron chi connectivity index (χ0n) is 38.0. The number of rotatable bonds is 18. The second-order valence-electron chi connectivity index (χ2n) is 18.1. The van der Waals surface area contributed by atoms with Crippen LogP contribution in [0.3, 0.4) is 0 Å². The van der Waals surface area contributed by atoms with Crippen LogP contribution in [0.4, 0.5) is 5.69 Å². The number of methoxy groups -OCH3 is 3. The Morgan fingerprint density at radius 3 is 1.30 bits per heavy atom. The molecule has 2 amide bonds. The zero-order valence-corrected chi connectivity index (χ0v) is 38.0. The summed E-state index contributed by atoms with van der Waals surface area (Å²) in [6.07, 6.45) is 4.94. The van der Waals surface area contributed by atoms with E-state index in [0.717, 1.165) is 59.4 Å². The number of Topliss-reactive ketones (excluding diaryl/α,β-unsaturated/α-hetero) is 2. The number of ketones is 2. The van der Waals surface area contributed by atoms with Crippen molar-refractivity contribution in [3.05, 3.63) is 95.1 Å². The van der Waals surface area contributed by atoms with Gasteiger partial charge in [0.1, 0.15) is 5.75 Å². The maximum atomic E-state index is 13.8. The Labute approximate surface area is 372 Å². The standard InChI is InChI=1S/C51H65N3O9/c1-32(2)40(30-48(57)62-6)50(59)52-26-8-10-44(52)46(55)28-34-12-16-36(17-13-34)42-24-25-43(54(42)38-20-22-39(61-5)23-21-38)37-18-14-35(15-19-37)29-47(56)45-11-9-27-53(45)51(60)41(33(3)4)31-49(58)63-7/h12-23,32-33,40-45H,8-11,24-31H2,1-7H3/t40-,41-,42-,43-,44-,45-/m0/s1. The lowest BCUT2D eigenvalue weighted by atomic mass is 9.90. The summed E-state index contributed by atoms with van der Waals surface area (Å²) in [5.74, 6) is -1.59. The molecule has 3 aromatic rings. The molecule has 63 heavy (non-hydrogen) atoms.